The highest BCUT2D eigenvalue weighted by Crippen LogP contribution is 2.28. The van der Waals surface area contributed by atoms with E-state index in [1.807, 2.05) is 0 Å². The molecule has 0 fully saturated rings. The summed E-state index contributed by atoms with van der Waals surface area (Å²) in [7, 11) is 1.58. The number of ketones is 2. The molecule has 1 aromatic carbocycles. The number of benzene rings is 1. The maximum absolute atomic E-state index is 11.8. The summed E-state index contributed by atoms with van der Waals surface area (Å²) in [5, 5.41) is 2.70. The lowest BCUT2D eigenvalue weighted by Gasteiger charge is -2.17. The van der Waals surface area contributed by atoms with Gasteiger partial charge in [0.05, 0.1) is 5.70 Å². The van der Waals surface area contributed by atoms with E-state index in [0.29, 0.717) is 16.8 Å². The number of nitrogens with one attached hydrogen (secondary N) is 1. The number of hydrogen-bond donors (Lipinski definition) is 1. The van der Waals surface area contributed by atoms with Crippen LogP contribution in [0.4, 0.5) is 0 Å². The van der Waals surface area contributed by atoms with Gasteiger partial charge in [0.1, 0.15) is 5.70 Å². The number of hydrogen-bond acceptors (Lipinski definition) is 4. The maximum atomic E-state index is 11.8. The Morgan fingerprint density at radius 2 is 1.63 bits per heavy atom. The van der Waals surface area contributed by atoms with Crippen LogP contribution in [0, 0.1) is 0 Å². The Morgan fingerprint density at radius 1 is 1.11 bits per heavy atom. The van der Waals surface area contributed by atoms with Crippen molar-refractivity contribution in [2.45, 2.75) is 20.3 Å². The van der Waals surface area contributed by atoms with Crippen LogP contribution in [0.1, 0.15) is 36.2 Å². The number of aliphatic imine (C=N–C) groups is 1. The van der Waals surface area contributed by atoms with E-state index >= 15 is 0 Å². The normalized spacial score (nSPS) is 13.4. The summed E-state index contributed by atoms with van der Waals surface area (Å²) in [5.74, 6) is -1.07. The third-order valence-electron chi connectivity index (χ3n) is 2.51. The summed E-state index contributed by atoms with van der Waals surface area (Å²) in [6.45, 7) is 7.68. The largest absolute Gasteiger partial charge is 0.383 e. The number of allylic oxidation sites excluding steroid dienone is 1. The molecular weight excluding hydrogens is 240 g/mol. The Kier molecular flexibility index (Phi) is 5.18. The third kappa shape index (κ3) is 2.78. The van der Waals surface area contributed by atoms with Gasteiger partial charge in [-0.2, -0.15) is 0 Å². The first-order chi connectivity index (χ1) is 9.12. The van der Waals surface area contributed by atoms with Crippen molar-refractivity contribution in [3.05, 3.63) is 41.1 Å². The second kappa shape index (κ2) is 6.64. The molecule has 1 N–H and O–H groups in total. The van der Waals surface area contributed by atoms with E-state index in [-0.39, 0.29) is 5.70 Å². The van der Waals surface area contributed by atoms with Gasteiger partial charge < -0.3 is 5.32 Å². The van der Waals surface area contributed by atoms with Crippen molar-refractivity contribution in [1.29, 1.82) is 0 Å². The van der Waals surface area contributed by atoms with Crippen LogP contribution >= 0.6 is 0 Å². The summed E-state index contributed by atoms with van der Waals surface area (Å²) in [6, 6.07) is 6.88. The highest BCUT2D eigenvalue weighted by Gasteiger charge is 2.31. The average molecular weight is 258 g/mol. The van der Waals surface area contributed by atoms with E-state index in [1.165, 1.54) is 6.42 Å². The van der Waals surface area contributed by atoms with Crippen molar-refractivity contribution in [3.63, 3.8) is 0 Å². The number of carbonyl (C=O) groups excluding carboxylic acids is 2. The minimum absolute atomic E-state index is 0.207. The average Bonchev–Trinajstić information content (AvgIpc) is 2.43. The highest BCUT2D eigenvalue weighted by molar-refractivity contribution is 6.52. The molecule has 0 unspecified atom stereocenters. The van der Waals surface area contributed by atoms with Crippen LogP contribution < -0.4 is 5.32 Å². The van der Waals surface area contributed by atoms with Gasteiger partial charge in [-0.15, -0.1) is 0 Å². The molecule has 1 aromatic rings. The van der Waals surface area contributed by atoms with Gasteiger partial charge in [0.2, 0.25) is 5.78 Å². The smallest absolute Gasteiger partial charge is 0.251 e. The Hall–Kier alpha value is -2.23. The fourth-order valence-electron chi connectivity index (χ4n) is 1.76. The molecule has 0 heterocycles. The Bertz CT molecular complexity index is 545. The fraction of sp³-hybridized carbons (Fsp3) is 0.267. The van der Waals surface area contributed by atoms with Gasteiger partial charge in [-0.05, 0) is 6.72 Å². The monoisotopic (exact) mass is 258 g/mol. The molecule has 0 amide bonds. The quantitative estimate of drug-likeness (QED) is 0.655. The van der Waals surface area contributed by atoms with E-state index in [9.17, 15) is 9.59 Å². The number of fused-ring (bicyclic) bond motifs is 1. The van der Waals surface area contributed by atoms with Crippen molar-refractivity contribution in [2.75, 3.05) is 7.05 Å². The predicted octanol–water partition coefficient (Wildman–Crippen LogP) is 2.46. The third-order valence-corrected chi connectivity index (χ3v) is 2.51. The van der Waals surface area contributed by atoms with Crippen LogP contribution in [-0.2, 0) is 4.79 Å². The minimum atomic E-state index is -0.566. The van der Waals surface area contributed by atoms with Gasteiger partial charge in [0.25, 0.3) is 5.78 Å². The number of likely N-dealkylation sites (N-methyl/N-ethyl adjacent to an activating group) is 1. The zero-order valence-corrected chi connectivity index (χ0v) is 11.5. The minimum Gasteiger partial charge on any atom is -0.383 e. The van der Waals surface area contributed by atoms with Gasteiger partial charge >= 0.3 is 0 Å². The van der Waals surface area contributed by atoms with Crippen LogP contribution in [0.2, 0.25) is 0 Å². The molecular formula is C15H18N2O2. The molecule has 0 radical (unpaired) electrons. The number of nitrogens with zero attached hydrogens (tertiary/aromatic N) is 1. The van der Waals surface area contributed by atoms with E-state index < -0.39 is 11.6 Å². The molecule has 100 valence electrons. The molecule has 0 saturated carbocycles. The molecule has 0 saturated heterocycles. The summed E-state index contributed by atoms with van der Waals surface area (Å²) in [4.78, 5) is 27.3. The Labute approximate surface area is 113 Å². The van der Waals surface area contributed by atoms with Crippen molar-refractivity contribution in [2.24, 2.45) is 4.99 Å². The van der Waals surface area contributed by atoms with Crippen molar-refractivity contribution in [3.8, 4) is 0 Å². The molecule has 0 aliphatic heterocycles. The lowest BCUT2D eigenvalue weighted by Crippen LogP contribution is -2.29. The number of Topliss-reactive ketones (excluding diaryl/α,β-unsaturated/α-hetero) is 2. The summed E-state index contributed by atoms with van der Waals surface area (Å²) in [6.07, 6.45) is 1.25. The van der Waals surface area contributed by atoms with Crippen LogP contribution in [0.25, 0.3) is 5.70 Å². The van der Waals surface area contributed by atoms with Gasteiger partial charge in [-0.25, -0.2) is 0 Å². The summed E-state index contributed by atoms with van der Waals surface area (Å²) >= 11 is 0. The first-order valence-corrected chi connectivity index (χ1v) is 6.19. The molecule has 0 spiro atoms. The number of carbonyl (C=O) groups is 2. The van der Waals surface area contributed by atoms with Gasteiger partial charge in [-0.1, -0.05) is 44.5 Å². The summed E-state index contributed by atoms with van der Waals surface area (Å²) in [5.41, 5.74) is 1.67. The van der Waals surface area contributed by atoms with Gasteiger partial charge in [0.15, 0.2) is 0 Å². The molecule has 4 nitrogen and oxygen atoms in total. The zero-order valence-electron chi connectivity index (χ0n) is 11.5. The van der Waals surface area contributed by atoms with E-state index in [0.717, 1.165) is 0 Å². The standard InChI is InChI=1S/C12H10N2O2.C3H8/c1-13-9-7-5-3-4-6-8(7)11(15)12(16)10(9)14-2;1-3-2/h3-6,14H,1H2,2H3;3H2,1-2H3. The molecule has 1 aliphatic rings. The van der Waals surface area contributed by atoms with E-state index in [2.05, 4.69) is 30.9 Å². The lowest BCUT2D eigenvalue weighted by atomic mass is 9.91. The molecule has 0 atom stereocenters. The molecule has 1 aliphatic carbocycles. The first-order valence-electron chi connectivity index (χ1n) is 6.19. The second-order valence-corrected chi connectivity index (χ2v) is 4.04. The SMILES string of the molecule is C=NC1=C(NC)C(=O)C(=O)c2ccccc21.CCC. The fourth-order valence-corrected chi connectivity index (χ4v) is 1.76. The highest BCUT2D eigenvalue weighted by atomic mass is 16.2. The van der Waals surface area contributed by atoms with Crippen LogP contribution in [0.5, 0.6) is 0 Å². The second-order valence-electron chi connectivity index (χ2n) is 4.04. The molecule has 4 heteroatoms. The van der Waals surface area contributed by atoms with Gasteiger partial charge in [0, 0.05) is 18.2 Å². The topological polar surface area (TPSA) is 58.5 Å². The van der Waals surface area contributed by atoms with Crippen LogP contribution in [0.3, 0.4) is 0 Å². The lowest BCUT2D eigenvalue weighted by molar-refractivity contribution is -0.112. The first kappa shape index (κ1) is 14.8. The van der Waals surface area contributed by atoms with Crippen molar-refractivity contribution >= 4 is 24.0 Å². The Morgan fingerprint density at radius 3 is 2.11 bits per heavy atom. The predicted molar refractivity (Wildman–Crippen MR) is 77.3 cm³/mol. The summed E-state index contributed by atoms with van der Waals surface area (Å²) < 4.78 is 0. The molecule has 0 aromatic heterocycles. The van der Waals surface area contributed by atoms with E-state index in [4.69, 9.17) is 0 Å². The van der Waals surface area contributed by atoms with Crippen molar-refractivity contribution in [1.82, 2.24) is 5.32 Å². The molecule has 0 bridgehead atoms. The molecule has 19 heavy (non-hydrogen) atoms. The number of rotatable bonds is 2. The van der Waals surface area contributed by atoms with Crippen LogP contribution in [-0.4, -0.2) is 25.3 Å². The van der Waals surface area contributed by atoms with Gasteiger partial charge in [-0.3, -0.25) is 14.6 Å². The Balaban J connectivity index is 0.000000550. The van der Waals surface area contributed by atoms with E-state index in [1.54, 1.807) is 31.3 Å². The van der Waals surface area contributed by atoms with Crippen molar-refractivity contribution < 1.29 is 9.59 Å². The maximum Gasteiger partial charge on any atom is 0.251 e. The zero-order chi connectivity index (χ0) is 14.4. The van der Waals surface area contributed by atoms with Crippen LogP contribution in [0.15, 0.2) is 35.0 Å². The molecule has 2 rings (SSSR count).